The lowest BCUT2D eigenvalue weighted by atomic mass is 10.4. The van der Waals surface area contributed by atoms with Crippen LogP contribution in [-0.2, 0) is 0 Å². The minimum atomic E-state index is -0.207. The van der Waals surface area contributed by atoms with Gasteiger partial charge in [0, 0.05) is 26.7 Å². The van der Waals surface area contributed by atoms with E-state index in [1.807, 2.05) is 11.9 Å². The average molecular weight is 257 g/mol. The Hall–Kier alpha value is -1.34. The Labute approximate surface area is 105 Å². The van der Waals surface area contributed by atoms with Gasteiger partial charge in [0.05, 0.1) is 0 Å². The Kier molecular flexibility index (Phi) is 5.17. The standard InChI is InChI=1S/C10H19N5OS/c1-3-6-15(2)10-14-8(12)7(17-10)9(16)13-5-4-11/h3-6,11-12H2,1-2H3,(H,13,16). The molecule has 0 spiro atoms. The number of carbonyl (C=O) groups excluding carboxylic acids is 1. The number of nitrogens with one attached hydrogen (secondary N) is 1. The van der Waals surface area contributed by atoms with Crippen molar-refractivity contribution in [1.29, 1.82) is 0 Å². The van der Waals surface area contributed by atoms with E-state index in [0.717, 1.165) is 18.1 Å². The van der Waals surface area contributed by atoms with E-state index in [2.05, 4.69) is 17.2 Å². The fraction of sp³-hybridized carbons (Fsp3) is 0.600. The van der Waals surface area contributed by atoms with E-state index in [4.69, 9.17) is 11.5 Å². The molecule has 1 rings (SSSR count). The highest BCUT2D eigenvalue weighted by molar-refractivity contribution is 7.18. The maximum Gasteiger partial charge on any atom is 0.265 e. The second-order valence-electron chi connectivity index (χ2n) is 3.68. The first-order chi connectivity index (χ1) is 8.10. The smallest absolute Gasteiger partial charge is 0.265 e. The monoisotopic (exact) mass is 257 g/mol. The molecule has 0 aliphatic rings. The molecule has 5 N–H and O–H groups in total. The summed E-state index contributed by atoms with van der Waals surface area (Å²) in [7, 11) is 1.93. The van der Waals surface area contributed by atoms with E-state index in [1.165, 1.54) is 11.3 Å². The lowest BCUT2D eigenvalue weighted by Crippen LogP contribution is -2.28. The summed E-state index contributed by atoms with van der Waals surface area (Å²) in [6, 6.07) is 0. The van der Waals surface area contributed by atoms with Crippen molar-refractivity contribution in [3.63, 3.8) is 0 Å². The molecular weight excluding hydrogens is 238 g/mol. The highest BCUT2D eigenvalue weighted by Gasteiger charge is 2.17. The molecule has 0 bridgehead atoms. The molecule has 0 aromatic carbocycles. The quantitative estimate of drug-likeness (QED) is 0.679. The lowest BCUT2D eigenvalue weighted by Gasteiger charge is -2.13. The van der Waals surface area contributed by atoms with E-state index >= 15 is 0 Å². The van der Waals surface area contributed by atoms with Crippen LogP contribution in [0.5, 0.6) is 0 Å². The van der Waals surface area contributed by atoms with Crippen LogP contribution in [-0.4, -0.2) is 37.6 Å². The van der Waals surface area contributed by atoms with E-state index in [-0.39, 0.29) is 11.7 Å². The summed E-state index contributed by atoms with van der Waals surface area (Å²) in [4.78, 5) is 18.4. The van der Waals surface area contributed by atoms with Gasteiger partial charge in [0.2, 0.25) is 0 Å². The first-order valence-corrected chi connectivity index (χ1v) is 6.37. The molecular formula is C10H19N5OS. The van der Waals surface area contributed by atoms with Crippen molar-refractivity contribution in [1.82, 2.24) is 10.3 Å². The number of amides is 1. The summed E-state index contributed by atoms with van der Waals surface area (Å²) in [5, 5.41) is 3.45. The van der Waals surface area contributed by atoms with Gasteiger partial charge in [0.15, 0.2) is 5.13 Å². The topological polar surface area (TPSA) is 97.3 Å². The second kappa shape index (κ2) is 6.41. The predicted molar refractivity (Wildman–Crippen MR) is 71.5 cm³/mol. The minimum absolute atomic E-state index is 0.207. The number of thiazole rings is 1. The van der Waals surface area contributed by atoms with Gasteiger partial charge in [-0.2, -0.15) is 0 Å². The fourth-order valence-corrected chi connectivity index (χ4v) is 2.23. The maximum absolute atomic E-state index is 11.7. The van der Waals surface area contributed by atoms with Crippen LogP contribution < -0.4 is 21.7 Å². The van der Waals surface area contributed by atoms with Crippen LogP contribution in [0.4, 0.5) is 10.9 Å². The molecule has 17 heavy (non-hydrogen) atoms. The molecule has 96 valence electrons. The summed E-state index contributed by atoms with van der Waals surface area (Å²) in [5.74, 6) is 0.0732. The Morgan fingerprint density at radius 1 is 1.59 bits per heavy atom. The number of nitrogens with two attached hydrogens (primary N) is 2. The van der Waals surface area contributed by atoms with Gasteiger partial charge < -0.3 is 21.7 Å². The lowest BCUT2D eigenvalue weighted by molar-refractivity contribution is 0.0959. The largest absolute Gasteiger partial charge is 0.382 e. The van der Waals surface area contributed by atoms with Crippen molar-refractivity contribution in [2.24, 2.45) is 5.73 Å². The molecule has 0 unspecified atom stereocenters. The van der Waals surface area contributed by atoms with E-state index < -0.39 is 0 Å². The average Bonchev–Trinajstić information content (AvgIpc) is 2.68. The molecule has 0 aliphatic heterocycles. The Balaban J connectivity index is 2.77. The number of anilines is 2. The Morgan fingerprint density at radius 2 is 2.29 bits per heavy atom. The molecule has 0 saturated heterocycles. The SMILES string of the molecule is CCCN(C)c1nc(N)c(C(=O)NCCN)s1. The summed E-state index contributed by atoms with van der Waals surface area (Å²) < 4.78 is 0. The van der Waals surface area contributed by atoms with E-state index in [0.29, 0.717) is 18.0 Å². The molecule has 0 radical (unpaired) electrons. The third-order valence-corrected chi connectivity index (χ3v) is 3.35. The number of rotatable bonds is 6. The van der Waals surface area contributed by atoms with Crippen LogP contribution in [0.2, 0.25) is 0 Å². The highest BCUT2D eigenvalue weighted by atomic mass is 32.1. The van der Waals surface area contributed by atoms with E-state index in [1.54, 1.807) is 0 Å². The number of hydrogen-bond donors (Lipinski definition) is 3. The zero-order valence-corrected chi connectivity index (χ0v) is 11.0. The van der Waals surface area contributed by atoms with Gasteiger partial charge in [-0.3, -0.25) is 4.79 Å². The number of nitrogens with zero attached hydrogens (tertiary/aromatic N) is 2. The molecule has 0 fully saturated rings. The van der Waals surface area contributed by atoms with Crippen molar-refractivity contribution in [3.05, 3.63) is 4.88 Å². The molecule has 0 aliphatic carbocycles. The maximum atomic E-state index is 11.7. The van der Waals surface area contributed by atoms with Gasteiger partial charge in [-0.05, 0) is 6.42 Å². The van der Waals surface area contributed by atoms with Crippen molar-refractivity contribution < 1.29 is 4.79 Å². The first kappa shape index (κ1) is 13.7. The first-order valence-electron chi connectivity index (χ1n) is 5.55. The van der Waals surface area contributed by atoms with Gasteiger partial charge in [-0.25, -0.2) is 4.98 Å². The molecule has 1 amide bonds. The van der Waals surface area contributed by atoms with Crippen LogP contribution >= 0.6 is 11.3 Å². The number of nitrogen functional groups attached to an aromatic ring is 1. The summed E-state index contributed by atoms with van der Waals surface area (Å²) in [6.45, 7) is 3.82. The van der Waals surface area contributed by atoms with E-state index in [9.17, 15) is 4.79 Å². The van der Waals surface area contributed by atoms with Crippen LogP contribution in [0.25, 0.3) is 0 Å². The Morgan fingerprint density at radius 3 is 2.88 bits per heavy atom. The molecule has 0 saturated carbocycles. The van der Waals surface area contributed by atoms with Crippen LogP contribution in [0.15, 0.2) is 0 Å². The summed E-state index contributed by atoms with van der Waals surface area (Å²) >= 11 is 1.30. The molecule has 6 nitrogen and oxygen atoms in total. The summed E-state index contributed by atoms with van der Waals surface area (Å²) in [6.07, 6.45) is 1.02. The van der Waals surface area contributed by atoms with Gasteiger partial charge in [0.1, 0.15) is 10.7 Å². The van der Waals surface area contributed by atoms with Gasteiger partial charge in [-0.1, -0.05) is 18.3 Å². The minimum Gasteiger partial charge on any atom is -0.382 e. The zero-order chi connectivity index (χ0) is 12.8. The van der Waals surface area contributed by atoms with Gasteiger partial charge in [-0.15, -0.1) is 0 Å². The normalized spacial score (nSPS) is 10.3. The predicted octanol–water partition coefficient (Wildman–Crippen LogP) is 0.260. The highest BCUT2D eigenvalue weighted by Crippen LogP contribution is 2.27. The van der Waals surface area contributed by atoms with Crippen LogP contribution in [0, 0.1) is 0 Å². The summed E-state index contributed by atoms with van der Waals surface area (Å²) in [5.41, 5.74) is 11.0. The molecule has 0 atom stereocenters. The number of hydrogen-bond acceptors (Lipinski definition) is 6. The van der Waals surface area contributed by atoms with Crippen molar-refractivity contribution in [2.45, 2.75) is 13.3 Å². The third kappa shape index (κ3) is 3.57. The van der Waals surface area contributed by atoms with Gasteiger partial charge >= 0.3 is 0 Å². The zero-order valence-electron chi connectivity index (χ0n) is 10.2. The molecule has 1 heterocycles. The van der Waals surface area contributed by atoms with Crippen molar-refractivity contribution in [2.75, 3.05) is 37.3 Å². The number of aromatic nitrogens is 1. The van der Waals surface area contributed by atoms with Crippen molar-refractivity contribution >= 4 is 28.2 Å². The van der Waals surface area contributed by atoms with Crippen LogP contribution in [0.1, 0.15) is 23.0 Å². The van der Waals surface area contributed by atoms with Crippen molar-refractivity contribution in [3.8, 4) is 0 Å². The van der Waals surface area contributed by atoms with Crippen LogP contribution in [0.3, 0.4) is 0 Å². The Bertz CT molecular complexity index is 379. The van der Waals surface area contributed by atoms with Gasteiger partial charge in [0.25, 0.3) is 5.91 Å². The number of carbonyl (C=O) groups is 1. The molecule has 7 heteroatoms. The molecule has 1 aromatic rings. The molecule has 1 aromatic heterocycles. The second-order valence-corrected chi connectivity index (χ2v) is 4.65. The third-order valence-electron chi connectivity index (χ3n) is 2.16. The fourth-order valence-electron chi connectivity index (χ4n) is 1.34.